The van der Waals surface area contributed by atoms with Crippen LogP contribution in [0.2, 0.25) is 18.1 Å². The van der Waals surface area contributed by atoms with E-state index in [9.17, 15) is 13.2 Å². The second kappa shape index (κ2) is 12.2. The number of hydrogen-bond donors (Lipinski definition) is 0. The van der Waals surface area contributed by atoms with Gasteiger partial charge in [-0.05, 0) is 104 Å². The molecule has 8 heteroatoms. The maximum atomic E-state index is 13.6. The largest absolute Gasteiger partial charge is 0.459 e. The van der Waals surface area contributed by atoms with Gasteiger partial charge in [0, 0.05) is 14.3 Å². The van der Waals surface area contributed by atoms with Crippen molar-refractivity contribution in [1.82, 2.24) is 0 Å². The molecule has 0 aliphatic heterocycles. The Morgan fingerprint density at radius 3 is 2.17 bits per heavy atom. The van der Waals surface area contributed by atoms with E-state index in [0.29, 0.717) is 18.4 Å². The summed E-state index contributed by atoms with van der Waals surface area (Å²) in [7, 11) is -5.46. The van der Waals surface area contributed by atoms with E-state index in [1.807, 2.05) is 19.9 Å². The lowest BCUT2D eigenvalue weighted by atomic mass is 9.76. The van der Waals surface area contributed by atoms with Crippen LogP contribution in [0.1, 0.15) is 91.2 Å². The van der Waals surface area contributed by atoms with E-state index >= 15 is 0 Å². The van der Waals surface area contributed by atoms with Crippen LogP contribution in [0.5, 0.6) is 0 Å². The second-order valence-electron chi connectivity index (χ2n) is 13.1. The number of ether oxygens (including phenoxy) is 1. The lowest BCUT2D eigenvalue weighted by Crippen LogP contribution is -2.42. The van der Waals surface area contributed by atoms with Crippen LogP contribution in [0, 0.1) is 8.99 Å². The van der Waals surface area contributed by atoms with Gasteiger partial charge >= 0.3 is 5.97 Å². The van der Waals surface area contributed by atoms with Gasteiger partial charge in [-0.3, -0.25) is 4.79 Å². The molecule has 0 radical (unpaired) electrons. The van der Waals surface area contributed by atoms with Crippen LogP contribution in [-0.2, 0) is 29.2 Å². The number of carbonyl (C=O) groups excluding carboxylic acids is 1. The summed E-state index contributed by atoms with van der Waals surface area (Å²) < 4.78 is 63.9. The molecule has 1 aromatic rings. The van der Waals surface area contributed by atoms with E-state index in [2.05, 4.69) is 56.5 Å². The number of hydrogen-bond acceptors (Lipinski definition) is 5. The molecule has 36 heavy (non-hydrogen) atoms. The second-order valence-corrected chi connectivity index (χ2v) is 21.4. The third-order valence-corrected chi connectivity index (χ3v) is 14.0. The Morgan fingerprint density at radius 1 is 1.06 bits per heavy atom. The highest BCUT2D eigenvalue weighted by Crippen LogP contribution is 2.37. The fourth-order valence-corrected chi connectivity index (χ4v) is 7.25. The predicted molar refractivity (Wildman–Crippen MR) is 162 cm³/mol. The minimum atomic E-state index is -3.41. The molecule has 0 aromatic heterocycles. The molecule has 208 valence electrons. The molecule has 0 saturated heterocycles. The first-order valence-electron chi connectivity index (χ1n) is 14.1. The zero-order chi connectivity index (χ0) is 30.7. The Bertz CT molecular complexity index is 1090. The van der Waals surface area contributed by atoms with Crippen molar-refractivity contribution in [2.75, 3.05) is 18.1 Å². The first-order valence-corrected chi connectivity index (χ1v) is 18.4. The van der Waals surface area contributed by atoms with Crippen LogP contribution in [0.3, 0.4) is 0 Å². The summed E-state index contributed by atoms with van der Waals surface area (Å²) in [4.78, 5) is 13.6. The van der Waals surface area contributed by atoms with E-state index < -0.39 is 47.4 Å². The van der Waals surface area contributed by atoms with Crippen molar-refractivity contribution < 1.29 is 26.5 Å². The van der Waals surface area contributed by atoms with Gasteiger partial charge in [0.15, 0.2) is 18.2 Å². The van der Waals surface area contributed by atoms with Gasteiger partial charge in [-0.25, -0.2) is 8.42 Å². The highest BCUT2D eigenvalue weighted by molar-refractivity contribution is 14.1. The van der Waals surface area contributed by atoms with Crippen LogP contribution in [-0.4, -0.2) is 46.4 Å². The Labute approximate surface area is 239 Å². The average Bonchev–Trinajstić information content (AvgIpc) is 2.66. The first-order chi connectivity index (χ1) is 17.2. The lowest BCUT2D eigenvalue weighted by Gasteiger charge is -2.36. The predicted octanol–water partition coefficient (Wildman–Crippen LogP) is 7.52. The molecule has 0 amide bonds. The number of rotatable bonds is 12. The normalized spacial score (nSPS) is 17.0. The summed E-state index contributed by atoms with van der Waals surface area (Å²) in [6, 6.07) is 6.96. The first kappa shape index (κ1) is 28.6. The Morgan fingerprint density at radius 2 is 1.67 bits per heavy atom. The molecule has 1 atom stereocenters. The van der Waals surface area contributed by atoms with Crippen LogP contribution in [0.15, 0.2) is 24.3 Å². The van der Waals surface area contributed by atoms with Crippen LogP contribution in [0.4, 0.5) is 0 Å². The van der Waals surface area contributed by atoms with E-state index in [0.717, 1.165) is 3.57 Å². The van der Waals surface area contributed by atoms with E-state index in [4.69, 9.17) is 13.3 Å². The maximum Gasteiger partial charge on any atom is 0.316 e. The quantitative estimate of drug-likeness (QED) is 0.132. The summed E-state index contributed by atoms with van der Waals surface area (Å²) in [5, 5.41) is -0.00371. The summed E-state index contributed by atoms with van der Waals surface area (Å²) in [5.41, 5.74) is -2.96. The molecule has 0 N–H and O–H groups in total. The third-order valence-electron chi connectivity index (χ3n) is 6.74. The Hall–Kier alpha value is -0.453. The third kappa shape index (κ3) is 10.7. The monoisotopic (exact) mass is 655 g/mol. The Kier molecular flexibility index (Phi) is 9.64. The molecule has 0 aliphatic rings. The Balaban J connectivity index is 3.13. The number of carbonyl (C=O) groups is 1. The highest BCUT2D eigenvalue weighted by Gasteiger charge is 2.40. The van der Waals surface area contributed by atoms with E-state index in [1.54, 1.807) is 39.0 Å². The van der Waals surface area contributed by atoms with Gasteiger partial charge in [0.25, 0.3) is 0 Å². The molecule has 5 nitrogen and oxygen atoms in total. The molecule has 0 saturated carbocycles. The van der Waals surface area contributed by atoms with Gasteiger partial charge in [-0.1, -0.05) is 53.2 Å². The minimum Gasteiger partial charge on any atom is -0.459 e. The van der Waals surface area contributed by atoms with E-state index in [1.165, 1.54) is 0 Å². The molecule has 1 rings (SSSR count). The van der Waals surface area contributed by atoms with Gasteiger partial charge in [0.2, 0.25) is 0 Å². The maximum absolute atomic E-state index is 13.6. The van der Waals surface area contributed by atoms with Crippen molar-refractivity contribution in [3.63, 3.8) is 0 Å². The SMILES string of the molecule is [2H]C([2H])([2H])C(CCCC(C)(C)CS(=O)(=O)CCO[Si](C)(C)C(C)(C)C)(C(=O)OC(C)(C)C)c1cccc(I)c1. The molecule has 1 aromatic carbocycles. The van der Waals surface area contributed by atoms with Crippen LogP contribution >= 0.6 is 22.6 Å². The summed E-state index contributed by atoms with van der Waals surface area (Å²) in [5.74, 6) is -0.884. The van der Waals surface area contributed by atoms with Gasteiger partial charge in [0.1, 0.15) is 5.60 Å². The molecule has 0 aliphatic carbocycles. The van der Waals surface area contributed by atoms with Crippen molar-refractivity contribution in [3.8, 4) is 0 Å². The molecule has 0 spiro atoms. The summed E-state index contributed by atoms with van der Waals surface area (Å²) in [6.07, 6.45) is 0.780. The van der Waals surface area contributed by atoms with E-state index in [-0.39, 0.29) is 29.6 Å². The standard InChI is InChI=1S/C28H49IO5SSi/c1-25(2,3)34-24(30)28(9,22-14-12-15-23(29)20-22)17-13-16-27(7,8)21-35(31,32)19-18-33-36(10,11)26(4,5)6/h12,14-15,20H,13,16-19,21H2,1-11H3/i9D3. The smallest absolute Gasteiger partial charge is 0.316 e. The van der Waals surface area contributed by atoms with Crippen molar-refractivity contribution in [2.24, 2.45) is 5.41 Å². The summed E-state index contributed by atoms with van der Waals surface area (Å²) in [6.45, 7) is 16.9. The van der Waals surface area contributed by atoms with Crippen molar-refractivity contribution in [1.29, 1.82) is 0 Å². The van der Waals surface area contributed by atoms with Gasteiger partial charge < -0.3 is 9.16 Å². The molecule has 0 fully saturated rings. The molecular formula is C28H49IO5SSi. The molecule has 0 heterocycles. The zero-order valence-corrected chi connectivity index (χ0v) is 27.9. The van der Waals surface area contributed by atoms with Crippen molar-refractivity contribution in [2.45, 2.75) is 111 Å². The lowest BCUT2D eigenvalue weighted by molar-refractivity contribution is -0.162. The van der Waals surface area contributed by atoms with Crippen molar-refractivity contribution in [3.05, 3.63) is 33.4 Å². The molecule has 0 bridgehead atoms. The van der Waals surface area contributed by atoms with Gasteiger partial charge in [0.05, 0.1) is 16.9 Å². The number of sulfone groups is 1. The zero-order valence-electron chi connectivity index (χ0n) is 26.9. The van der Waals surface area contributed by atoms with Crippen molar-refractivity contribution >= 4 is 46.7 Å². The topological polar surface area (TPSA) is 69.7 Å². The summed E-state index contributed by atoms with van der Waals surface area (Å²) >= 11 is 2.10. The van der Waals surface area contributed by atoms with Gasteiger partial charge in [-0.2, -0.15) is 0 Å². The molecular weight excluding hydrogens is 603 g/mol. The fourth-order valence-electron chi connectivity index (χ4n) is 3.70. The minimum absolute atomic E-state index is 0.00371. The van der Waals surface area contributed by atoms with Gasteiger partial charge in [-0.15, -0.1) is 0 Å². The van der Waals surface area contributed by atoms with Crippen LogP contribution < -0.4 is 0 Å². The number of esters is 1. The molecule has 1 unspecified atom stereocenters. The van der Waals surface area contributed by atoms with Crippen LogP contribution in [0.25, 0.3) is 0 Å². The number of benzene rings is 1. The fraction of sp³-hybridized carbons (Fsp3) is 0.750. The average molecular weight is 656 g/mol. The number of halogens is 1. The highest BCUT2D eigenvalue weighted by atomic mass is 127.